The number of para-hydroxylation sites is 2. The van der Waals surface area contributed by atoms with Gasteiger partial charge < -0.3 is 9.47 Å². The topological polar surface area (TPSA) is 25.5 Å². The van der Waals surface area contributed by atoms with Crippen LogP contribution < -0.4 is 0 Å². The van der Waals surface area contributed by atoms with E-state index in [1.807, 2.05) is 0 Å². The lowest BCUT2D eigenvalue weighted by Gasteiger charge is -2.26. The number of piperidine rings is 1. The van der Waals surface area contributed by atoms with E-state index in [-0.39, 0.29) is 0 Å². The molecule has 144 valence electrons. The first-order chi connectivity index (χ1) is 13.8. The smallest absolute Gasteiger partial charge is 0.215 e. The highest BCUT2D eigenvalue weighted by Gasteiger charge is 2.17. The van der Waals surface area contributed by atoms with Crippen molar-refractivity contribution in [3.05, 3.63) is 60.3 Å². The van der Waals surface area contributed by atoms with Gasteiger partial charge in [0.1, 0.15) is 0 Å². The molecule has 1 saturated heterocycles. The average Bonchev–Trinajstić information content (AvgIpc) is 3.29. The van der Waals surface area contributed by atoms with Gasteiger partial charge in [0.25, 0.3) is 0 Å². The Balaban J connectivity index is 1.58. The van der Waals surface area contributed by atoms with Crippen LogP contribution in [0.25, 0.3) is 28.1 Å². The van der Waals surface area contributed by atoms with Crippen molar-refractivity contribution in [1.82, 2.24) is 18.9 Å². The molecular weight excluding hydrogens is 344 g/mol. The van der Waals surface area contributed by atoms with Crippen molar-refractivity contribution in [3.8, 4) is 11.3 Å². The Morgan fingerprint density at radius 3 is 2.46 bits per heavy atom. The number of hydrogen-bond acceptors (Lipinski definition) is 2. The third-order valence-electron chi connectivity index (χ3n) is 6.11. The summed E-state index contributed by atoms with van der Waals surface area (Å²) < 4.78 is 4.67. The fourth-order valence-electron chi connectivity index (χ4n) is 4.44. The second-order valence-corrected chi connectivity index (χ2v) is 7.89. The van der Waals surface area contributed by atoms with Crippen LogP contribution in [0.5, 0.6) is 0 Å². The van der Waals surface area contributed by atoms with Gasteiger partial charge in [0.2, 0.25) is 5.78 Å². The van der Waals surface area contributed by atoms with E-state index in [1.165, 1.54) is 54.7 Å². The van der Waals surface area contributed by atoms with Gasteiger partial charge in [-0.15, -0.1) is 0 Å². The molecule has 0 atom stereocenters. The van der Waals surface area contributed by atoms with Crippen LogP contribution in [0.2, 0.25) is 0 Å². The molecule has 0 bridgehead atoms. The van der Waals surface area contributed by atoms with Gasteiger partial charge in [0.05, 0.1) is 16.7 Å². The zero-order valence-electron chi connectivity index (χ0n) is 16.6. The number of likely N-dealkylation sites (tertiary alicyclic amines) is 1. The van der Waals surface area contributed by atoms with E-state index >= 15 is 0 Å². The molecule has 3 heterocycles. The zero-order chi connectivity index (χ0) is 18.9. The van der Waals surface area contributed by atoms with E-state index in [2.05, 4.69) is 75.5 Å². The van der Waals surface area contributed by atoms with Crippen molar-refractivity contribution in [2.24, 2.45) is 0 Å². The lowest BCUT2D eigenvalue weighted by Crippen LogP contribution is -2.32. The monoisotopic (exact) mass is 372 g/mol. The van der Waals surface area contributed by atoms with Gasteiger partial charge >= 0.3 is 0 Å². The van der Waals surface area contributed by atoms with Crippen molar-refractivity contribution in [3.63, 3.8) is 0 Å². The number of fused-ring (bicyclic) bond motifs is 3. The molecule has 0 aliphatic carbocycles. The van der Waals surface area contributed by atoms with Gasteiger partial charge in [-0.2, -0.15) is 0 Å². The molecule has 0 radical (unpaired) electrons. The minimum Gasteiger partial charge on any atom is -0.308 e. The Kier molecular flexibility index (Phi) is 4.65. The molecule has 4 heteroatoms. The summed E-state index contributed by atoms with van der Waals surface area (Å²) in [5.41, 5.74) is 6.15. The minimum absolute atomic E-state index is 0.977. The van der Waals surface area contributed by atoms with E-state index in [9.17, 15) is 0 Å². The maximum absolute atomic E-state index is 4.97. The zero-order valence-corrected chi connectivity index (χ0v) is 16.6. The third kappa shape index (κ3) is 3.12. The molecule has 5 rings (SSSR count). The number of nitrogens with zero attached hydrogens (tertiary/aromatic N) is 4. The van der Waals surface area contributed by atoms with Crippen molar-refractivity contribution < 1.29 is 0 Å². The Labute approximate surface area is 166 Å². The van der Waals surface area contributed by atoms with Crippen LogP contribution in [0.4, 0.5) is 0 Å². The van der Waals surface area contributed by atoms with Crippen LogP contribution in [-0.2, 0) is 13.0 Å². The van der Waals surface area contributed by atoms with E-state index in [0.29, 0.717) is 0 Å². The van der Waals surface area contributed by atoms with Crippen LogP contribution >= 0.6 is 0 Å². The summed E-state index contributed by atoms with van der Waals surface area (Å²) in [6.45, 7) is 6.73. The Bertz CT molecular complexity index is 1080. The van der Waals surface area contributed by atoms with Crippen LogP contribution in [0, 0.1) is 0 Å². The van der Waals surface area contributed by atoms with E-state index in [0.717, 1.165) is 30.8 Å². The predicted molar refractivity (Wildman–Crippen MR) is 116 cm³/mol. The van der Waals surface area contributed by atoms with Gasteiger partial charge in [-0.3, -0.25) is 4.40 Å². The molecular formula is C24H28N4. The largest absolute Gasteiger partial charge is 0.308 e. The summed E-state index contributed by atoms with van der Waals surface area (Å²) in [5, 5.41) is 0. The molecule has 4 nitrogen and oxygen atoms in total. The molecule has 0 spiro atoms. The second kappa shape index (κ2) is 7.44. The van der Waals surface area contributed by atoms with Gasteiger partial charge in [-0.05, 0) is 55.6 Å². The van der Waals surface area contributed by atoms with Crippen LogP contribution in [0.3, 0.4) is 0 Å². The maximum atomic E-state index is 4.97. The van der Waals surface area contributed by atoms with Crippen molar-refractivity contribution in [2.45, 2.75) is 39.2 Å². The fraction of sp³-hybridized carbons (Fsp3) is 0.375. The summed E-state index contributed by atoms with van der Waals surface area (Å²) >= 11 is 0. The van der Waals surface area contributed by atoms with Crippen molar-refractivity contribution in [2.75, 3.05) is 19.6 Å². The molecule has 1 aliphatic rings. The van der Waals surface area contributed by atoms with Crippen molar-refractivity contribution in [1.29, 1.82) is 0 Å². The SMILES string of the molecule is CCc1ccc(-c2cn3c4ccccc4nc3n2CCN2CCCCC2)cc1. The van der Waals surface area contributed by atoms with Crippen LogP contribution in [0.1, 0.15) is 31.7 Å². The molecule has 1 aliphatic heterocycles. The minimum atomic E-state index is 0.977. The van der Waals surface area contributed by atoms with Crippen LogP contribution in [0.15, 0.2) is 54.7 Å². The summed E-state index contributed by atoms with van der Waals surface area (Å²) in [7, 11) is 0. The molecule has 0 amide bonds. The highest BCUT2D eigenvalue weighted by Crippen LogP contribution is 2.27. The van der Waals surface area contributed by atoms with Gasteiger partial charge in [-0.25, -0.2) is 4.98 Å². The molecule has 28 heavy (non-hydrogen) atoms. The number of aromatic nitrogens is 3. The number of benzene rings is 2. The average molecular weight is 373 g/mol. The lowest BCUT2D eigenvalue weighted by molar-refractivity contribution is 0.222. The predicted octanol–water partition coefficient (Wildman–Crippen LogP) is 5.00. The molecule has 2 aromatic heterocycles. The molecule has 2 aromatic carbocycles. The van der Waals surface area contributed by atoms with Crippen molar-refractivity contribution >= 4 is 16.8 Å². The number of aryl methyl sites for hydroxylation is 1. The number of imidazole rings is 2. The van der Waals surface area contributed by atoms with Gasteiger partial charge in [-0.1, -0.05) is 49.7 Å². The fourth-order valence-corrected chi connectivity index (χ4v) is 4.44. The standard InChI is InChI=1S/C24H28N4/c1-2-19-10-12-20(13-11-19)23-18-28-22-9-5-4-8-21(22)25-24(28)27(23)17-16-26-14-6-3-7-15-26/h4-5,8-13,18H,2-3,6-7,14-17H2,1H3. The summed E-state index contributed by atoms with van der Waals surface area (Å²) in [5.74, 6) is 1.05. The second-order valence-electron chi connectivity index (χ2n) is 7.89. The van der Waals surface area contributed by atoms with Gasteiger partial charge in [0, 0.05) is 19.3 Å². The van der Waals surface area contributed by atoms with Crippen LogP contribution in [-0.4, -0.2) is 38.5 Å². The normalized spacial score (nSPS) is 15.6. The molecule has 0 N–H and O–H groups in total. The third-order valence-corrected chi connectivity index (χ3v) is 6.11. The highest BCUT2D eigenvalue weighted by molar-refractivity contribution is 5.81. The first kappa shape index (κ1) is 17.5. The first-order valence-corrected chi connectivity index (χ1v) is 10.6. The summed E-state index contributed by atoms with van der Waals surface area (Å²) in [6, 6.07) is 17.4. The lowest BCUT2D eigenvalue weighted by atomic mass is 10.1. The highest BCUT2D eigenvalue weighted by atomic mass is 15.2. The Morgan fingerprint density at radius 1 is 0.893 bits per heavy atom. The number of rotatable bonds is 5. The Hall–Kier alpha value is -2.59. The summed E-state index contributed by atoms with van der Waals surface area (Å²) in [6.07, 6.45) is 7.39. The molecule has 0 unspecified atom stereocenters. The van der Waals surface area contributed by atoms with Gasteiger partial charge in [0.15, 0.2) is 0 Å². The van der Waals surface area contributed by atoms with E-state index < -0.39 is 0 Å². The van der Waals surface area contributed by atoms with E-state index in [4.69, 9.17) is 4.98 Å². The maximum Gasteiger partial charge on any atom is 0.215 e. The summed E-state index contributed by atoms with van der Waals surface area (Å²) in [4.78, 5) is 7.57. The molecule has 1 fully saturated rings. The number of hydrogen-bond donors (Lipinski definition) is 0. The quantitative estimate of drug-likeness (QED) is 0.492. The Morgan fingerprint density at radius 2 is 1.68 bits per heavy atom. The molecule has 4 aromatic rings. The molecule has 0 saturated carbocycles. The first-order valence-electron chi connectivity index (χ1n) is 10.6. The van der Waals surface area contributed by atoms with E-state index in [1.54, 1.807) is 0 Å².